The van der Waals surface area contributed by atoms with Gasteiger partial charge in [-0.15, -0.1) is 0 Å². The van der Waals surface area contributed by atoms with Crippen molar-refractivity contribution in [1.29, 1.82) is 0 Å². The average molecular weight is 1160 g/mol. The van der Waals surface area contributed by atoms with E-state index < -0.39 is 126 Å². The number of rotatable bonds is 30. The molecule has 0 saturated heterocycles. The van der Waals surface area contributed by atoms with Crippen LogP contribution in [-0.4, -0.2) is 142 Å². The molecule has 23 heteroatoms. The van der Waals surface area contributed by atoms with Crippen LogP contribution in [0.5, 0.6) is 0 Å². The first kappa shape index (κ1) is 69.3. The topological polar surface area (TPSA) is 314 Å². The molecular weight excluding hydrogens is 1070 g/mol. The minimum absolute atomic E-state index is 0.0172. The molecule has 1 aliphatic heterocycles. The molecule has 5 atom stereocenters. The van der Waals surface area contributed by atoms with Gasteiger partial charge in [0.25, 0.3) is 27.7 Å². The predicted molar refractivity (Wildman–Crippen MR) is 314 cm³/mol. The van der Waals surface area contributed by atoms with Crippen LogP contribution in [0.3, 0.4) is 0 Å². The van der Waals surface area contributed by atoms with E-state index in [0.717, 1.165) is 10.5 Å². The second kappa shape index (κ2) is 29.3. The van der Waals surface area contributed by atoms with Crippen LogP contribution in [0.15, 0.2) is 83.3 Å². The van der Waals surface area contributed by atoms with Crippen molar-refractivity contribution in [3.8, 4) is 0 Å². The number of nitrogens with one attached hydrogen (secondary N) is 7. The van der Waals surface area contributed by atoms with Crippen molar-refractivity contribution in [3.05, 3.63) is 84.0 Å². The van der Waals surface area contributed by atoms with Gasteiger partial charge < -0.3 is 47.3 Å². The highest BCUT2D eigenvalue weighted by atomic mass is 32.2. The van der Waals surface area contributed by atoms with Crippen molar-refractivity contribution in [3.63, 3.8) is 0 Å². The lowest BCUT2D eigenvalue weighted by atomic mass is 9.76. The molecule has 2 aromatic carbocycles. The molecule has 3 rings (SSSR count). The number of likely N-dealkylation sites (N-methyl/N-ethyl adjacent to an activating group) is 2. The fourth-order valence-corrected chi connectivity index (χ4v) is 10.6. The molecule has 0 spiro atoms. The molecule has 2 aromatic rings. The first-order valence-corrected chi connectivity index (χ1v) is 29.0. The van der Waals surface area contributed by atoms with Crippen LogP contribution in [0.2, 0.25) is 0 Å². The molecule has 0 radical (unpaired) electrons. The number of hydrogen-bond acceptors (Lipinski definition) is 13. The van der Waals surface area contributed by atoms with Gasteiger partial charge in [0.1, 0.15) is 23.0 Å². The lowest BCUT2D eigenvalue weighted by Gasteiger charge is -2.40. The van der Waals surface area contributed by atoms with Gasteiger partial charge in [0.05, 0.1) is 31.0 Å². The summed E-state index contributed by atoms with van der Waals surface area (Å²) < 4.78 is 36.3. The van der Waals surface area contributed by atoms with Crippen LogP contribution >= 0.6 is 0 Å². The van der Waals surface area contributed by atoms with Crippen LogP contribution in [0.1, 0.15) is 122 Å². The Balaban J connectivity index is 1.80. The Kier molecular flexibility index (Phi) is 24.8. The van der Waals surface area contributed by atoms with E-state index in [-0.39, 0.29) is 62.7 Å². The molecule has 0 bridgehead atoms. The molecular formula is C59H90N10O12S. The Morgan fingerprint density at radius 1 is 0.744 bits per heavy atom. The fraction of sp³-hybridized carbons (Fsp3) is 0.576. The zero-order valence-corrected chi connectivity index (χ0v) is 51.5. The molecule has 1 aliphatic rings. The number of nitrogens with zero attached hydrogens (tertiary/aromatic N) is 2. The fourth-order valence-electron chi connectivity index (χ4n) is 9.40. The van der Waals surface area contributed by atoms with E-state index in [1.54, 1.807) is 41.8 Å². The third kappa shape index (κ3) is 20.2. The number of nitrogens with two attached hydrogens (primary N) is 1. The minimum Gasteiger partial charge on any atom is -0.380 e. The van der Waals surface area contributed by atoms with Gasteiger partial charge in [0.2, 0.25) is 29.5 Å². The monoisotopic (exact) mass is 1160 g/mol. The van der Waals surface area contributed by atoms with Gasteiger partial charge in [-0.05, 0) is 67.2 Å². The summed E-state index contributed by atoms with van der Waals surface area (Å²) in [7, 11) is -1.51. The maximum atomic E-state index is 14.5. The summed E-state index contributed by atoms with van der Waals surface area (Å²) in [6.07, 6.45) is 3.88. The molecule has 5 unspecified atom stereocenters. The van der Waals surface area contributed by atoms with Crippen molar-refractivity contribution in [2.45, 2.75) is 157 Å². The van der Waals surface area contributed by atoms with E-state index in [1.807, 2.05) is 92.6 Å². The summed E-state index contributed by atoms with van der Waals surface area (Å²) in [5.41, 5.74) is 3.09. The van der Waals surface area contributed by atoms with Crippen molar-refractivity contribution >= 4 is 69.0 Å². The number of anilines is 1. The molecule has 0 fully saturated rings. The third-order valence-electron chi connectivity index (χ3n) is 14.1. The third-order valence-corrected chi connectivity index (χ3v) is 15.5. The summed E-state index contributed by atoms with van der Waals surface area (Å²) in [4.78, 5) is 122. The summed E-state index contributed by atoms with van der Waals surface area (Å²) in [6.45, 7) is 25.6. The Bertz CT molecular complexity index is 2790. The number of para-hydroxylation sites is 1. The lowest BCUT2D eigenvalue weighted by Crippen LogP contribution is -2.61. The van der Waals surface area contributed by atoms with E-state index in [2.05, 4.69) is 36.6 Å². The van der Waals surface area contributed by atoms with Crippen molar-refractivity contribution in [2.24, 2.45) is 33.8 Å². The standard InChI is InChI=1S/C59H90N10O12S/c1-36(2)42(68(16)54(77)49(56(6,7)8)66-53(76)48(61-15)59(13,14)39-23-18-17-19-24-39)31-38(5)50(73)67-82(79,80)43-27-21-20-25-40(43)63-51(74)41(26-22-30-62-55(60)78)64-52(75)47(37(3)4)65-44(70)32-57(9,10)34-81-35-58(11,12)33-69-45(71)28-29-46(69)72/h17-21,23-25,27-29,31,36-37,41-42,47-49,61H,22,26,30,32-35H2,1-16H3,(H,63,74)(H,64,75)(H,65,70)(H,66,76)(H,67,73)(H3,60,62,78). The number of ether oxygens (including phenoxy) is 1. The number of benzene rings is 2. The highest BCUT2D eigenvalue weighted by Gasteiger charge is 2.42. The van der Waals surface area contributed by atoms with E-state index in [4.69, 9.17) is 10.5 Å². The maximum Gasteiger partial charge on any atom is 0.312 e. The number of imide groups is 1. The highest BCUT2D eigenvalue weighted by Crippen LogP contribution is 2.30. The quantitative estimate of drug-likeness (QED) is 0.0306. The highest BCUT2D eigenvalue weighted by molar-refractivity contribution is 7.90. The maximum absolute atomic E-state index is 14.5. The van der Waals surface area contributed by atoms with Crippen LogP contribution in [-0.2, 0) is 58.5 Å². The number of carbonyl (C=O) groups excluding carboxylic acids is 9. The molecule has 0 saturated carbocycles. The van der Waals surface area contributed by atoms with E-state index in [0.29, 0.717) is 0 Å². The summed E-state index contributed by atoms with van der Waals surface area (Å²) >= 11 is 0. The van der Waals surface area contributed by atoms with E-state index in [1.165, 1.54) is 54.3 Å². The molecule has 0 aromatic heterocycles. The number of amides is 10. The van der Waals surface area contributed by atoms with E-state index >= 15 is 0 Å². The molecule has 22 nitrogen and oxygen atoms in total. The minimum atomic E-state index is -4.74. The van der Waals surface area contributed by atoms with E-state index in [9.17, 15) is 51.6 Å². The summed E-state index contributed by atoms with van der Waals surface area (Å²) in [6, 6.07) is 9.03. The predicted octanol–water partition coefficient (Wildman–Crippen LogP) is 4.41. The molecule has 10 amide bonds. The van der Waals surface area contributed by atoms with Gasteiger partial charge in [0, 0.05) is 55.1 Å². The molecule has 1 heterocycles. The average Bonchev–Trinajstić information content (AvgIpc) is 3.73. The zero-order chi connectivity index (χ0) is 62.3. The van der Waals surface area contributed by atoms with Gasteiger partial charge in [-0.1, -0.05) is 139 Å². The zero-order valence-electron chi connectivity index (χ0n) is 50.7. The smallest absolute Gasteiger partial charge is 0.312 e. The SMILES string of the molecule is CNC(C(=O)NC(C(=O)N(C)C(C=C(C)C(=O)NS(=O)(=O)c1ccccc1NC(=O)C(CCCNC(N)=O)NC(=O)C(NC(=O)CC(C)(C)COCC(C)(C)CN1C(=O)C=CC1=O)C(C)C)C(C)C)C(C)(C)C)C(C)(C)c1ccccc1. The summed E-state index contributed by atoms with van der Waals surface area (Å²) in [5, 5.41) is 16.6. The summed E-state index contributed by atoms with van der Waals surface area (Å²) in [5.74, 6) is -5.52. The first-order valence-electron chi connectivity index (χ1n) is 27.6. The molecule has 82 heavy (non-hydrogen) atoms. The van der Waals surface area contributed by atoms with Gasteiger partial charge in [0.15, 0.2) is 0 Å². The van der Waals surface area contributed by atoms with Crippen LogP contribution in [0.25, 0.3) is 0 Å². The van der Waals surface area contributed by atoms with Gasteiger partial charge >= 0.3 is 6.03 Å². The Hall–Kier alpha value is -6.98. The number of primary amides is 1. The second-order valence-electron chi connectivity index (χ2n) is 24.9. The van der Waals surface area contributed by atoms with Crippen LogP contribution < -0.4 is 42.4 Å². The van der Waals surface area contributed by atoms with Crippen LogP contribution in [0.4, 0.5) is 10.5 Å². The Morgan fingerprint density at radius 3 is 1.87 bits per heavy atom. The number of hydrogen-bond donors (Lipinski definition) is 8. The van der Waals surface area contributed by atoms with Crippen molar-refractivity contribution in [2.75, 3.05) is 45.7 Å². The van der Waals surface area contributed by atoms with Gasteiger partial charge in [-0.2, -0.15) is 0 Å². The van der Waals surface area contributed by atoms with Gasteiger partial charge in [-0.25, -0.2) is 17.9 Å². The second-order valence-corrected chi connectivity index (χ2v) is 26.6. The number of urea groups is 1. The Morgan fingerprint density at radius 2 is 1.32 bits per heavy atom. The molecule has 454 valence electrons. The van der Waals surface area contributed by atoms with Crippen molar-refractivity contribution < 1.29 is 56.3 Å². The van der Waals surface area contributed by atoms with Gasteiger partial charge in [-0.3, -0.25) is 43.3 Å². The number of carbonyl (C=O) groups is 9. The lowest BCUT2D eigenvalue weighted by molar-refractivity contribution is -0.141. The molecule has 0 aliphatic carbocycles. The molecule has 9 N–H and O–H groups in total. The van der Waals surface area contributed by atoms with Crippen molar-refractivity contribution in [1.82, 2.24) is 41.1 Å². The largest absolute Gasteiger partial charge is 0.380 e. The number of sulfonamides is 1. The van der Waals surface area contributed by atoms with Crippen LogP contribution in [0, 0.1) is 28.1 Å². The Labute approximate surface area is 484 Å². The normalized spacial score (nSPS) is 15.3. The first-order chi connectivity index (χ1) is 37.8.